The minimum absolute atomic E-state index is 0.754. The van der Waals surface area contributed by atoms with Gasteiger partial charge in [-0.15, -0.1) is 0 Å². The van der Waals surface area contributed by atoms with Gasteiger partial charge in [0, 0.05) is 31.0 Å². The standard InChI is InChI=1S/C16H17N3O/c1-3-16-19-14-8-13(4-5-15(14)20-16)18-10-12-9-17-7-6-11(12)2/h4-9,18H,3,10H2,1-2H3. The Morgan fingerprint density at radius 1 is 1.25 bits per heavy atom. The Kier molecular flexibility index (Phi) is 3.37. The van der Waals surface area contributed by atoms with Crippen LogP contribution in [0.15, 0.2) is 41.1 Å². The Labute approximate surface area is 117 Å². The van der Waals surface area contributed by atoms with E-state index in [0.717, 1.165) is 35.6 Å². The third-order valence-corrected chi connectivity index (χ3v) is 3.36. The molecule has 4 heteroatoms. The Morgan fingerprint density at radius 2 is 2.15 bits per heavy atom. The highest BCUT2D eigenvalue weighted by Crippen LogP contribution is 2.21. The number of benzene rings is 1. The molecule has 0 atom stereocenters. The monoisotopic (exact) mass is 267 g/mol. The maximum atomic E-state index is 5.61. The molecule has 0 radical (unpaired) electrons. The summed E-state index contributed by atoms with van der Waals surface area (Å²) in [6.45, 7) is 4.88. The van der Waals surface area contributed by atoms with E-state index in [1.165, 1.54) is 11.1 Å². The summed E-state index contributed by atoms with van der Waals surface area (Å²) in [5.41, 5.74) is 5.21. The lowest BCUT2D eigenvalue weighted by Crippen LogP contribution is -2.01. The molecule has 2 aromatic heterocycles. The molecule has 0 fully saturated rings. The summed E-state index contributed by atoms with van der Waals surface area (Å²) in [7, 11) is 0. The van der Waals surface area contributed by atoms with Gasteiger partial charge in [-0.3, -0.25) is 4.98 Å². The Morgan fingerprint density at radius 3 is 2.95 bits per heavy atom. The van der Waals surface area contributed by atoms with Gasteiger partial charge in [-0.1, -0.05) is 6.92 Å². The maximum absolute atomic E-state index is 5.61. The van der Waals surface area contributed by atoms with Crippen LogP contribution < -0.4 is 5.32 Å². The number of nitrogens with zero attached hydrogens (tertiary/aromatic N) is 2. The fourth-order valence-electron chi connectivity index (χ4n) is 2.12. The lowest BCUT2D eigenvalue weighted by molar-refractivity contribution is 0.538. The van der Waals surface area contributed by atoms with Gasteiger partial charge in [0.2, 0.25) is 0 Å². The lowest BCUT2D eigenvalue weighted by atomic mass is 10.1. The summed E-state index contributed by atoms with van der Waals surface area (Å²) in [5.74, 6) is 0.778. The van der Waals surface area contributed by atoms with Gasteiger partial charge < -0.3 is 9.73 Å². The second-order valence-electron chi connectivity index (χ2n) is 4.80. The van der Waals surface area contributed by atoms with E-state index >= 15 is 0 Å². The number of rotatable bonds is 4. The van der Waals surface area contributed by atoms with E-state index in [0.29, 0.717) is 0 Å². The zero-order valence-corrected chi connectivity index (χ0v) is 11.7. The molecule has 0 aliphatic heterocycles. The van der Waals surface area contributed by atoms with E-state index in [1.54, 1.807) is 0 Å². The van der Waals surface area contributed by atoms with E-state index < -0.39 is 0 Å². The molecule has 2 heterocycles. The third-order valence-electron chi connectivity index (χ3n) is 3.36. The average molecular weight is 267 g/mol. The molecule has 1 aromatic carbocycles. The number of aromatic nitrogens is 2. The minimum atomic E-state index is 0.754. The van der Waals surface area contributed by atoms with E-state index in [-0.39, 0.29) is 0 Å². The smallest absolute Gasteiger partial charge is 0.195 e. The molecule has 0 unspecified atom stereocenters. The van der Waals surface area contributed by atoms with Gasteiger partial charge in [0.05, 0.1) is 0 Å². The van der Waals surface area contributed by atoms with E-state index in [9.17, 15) is 0 Å². The molecule has 0 spiro atoms. The number of hydrogen-bond donors (Lipinski definition) is 1. The van der Waals surface area contributed by atoms with Gasteiger partial charge in [-0.25, -0.2) is 4.98 Å². The van der Waals surface area contributed by atoms with Crippen LogP contribution in [0, 0.1) is 6.92 Å². The average Bonchev–Trinajstić information content (AvgIpc) is 2.88. The van der Waals surface area contributed by atoms with Crippen molar-refractivity contribution < 1.29 is 4.42 Å². The molecule has 3 rings (SSSR count). The van der Waals surface area contributed by atoms with Gasteiger partial charge in [0.1, 0.15) is 5.52 Å². The van der Waals surface area contributed by atoms with Gasteiger partial charge in [-0.2, -0.15) is 0 Å². The van der Waals surface area contributed by atoms with Crippen molar-refractivity contribution in [2.24, 2.45) is 0 Å². The van der Waals surface area contributed by atoms with Crippen LogP contribution in [0.25, 0.3) is 11.1 Å². The Hall–Kier alpha value is -2.36. The quantitative estimate of drug-likeness (QED) is 0.783. The first-order valence-electron chi connectivity index (χ1n) is 6.79. The molecule has 0 aliphatic carbocycles. The Balaban J connectivity index is 1.79. The van der Waals surface area contributed by atoms with Crippen molar-refractivity contribution in [3.8, 4) is 0 Å². The van der Waals surface area contributed by atoms with Crippen molar-refractivity contribution >= 4 is 16.8 Å². The zero-order valence-electron chi connectivity index (χ0n) is 11.7. The molecule has 4 nitrogen and oxygen atoms in total. The topological polar surface area (TPSA) is 51.0 Å². The summed E-state index contributed by atoms with van der Waals surface area (Å²) in [6, 6.07) is 8.01. The first kappa shape index (κ1) is 12.7. The molecule has 20 heavy (non-hydrogen) atoms. The number of pyridine rings is 1. The van der Waals surface area contributed by atoms with Crippen LogP contribution in [0.5, 0.6) is 0 Å². The number of anilines is 1. The summed E-state index contributed by atoms with van der Waals surface area (Å²) < 4.78 is 5.61. The van der Waals surface area contributed by atoms with Crippen molar-refractivity contribution in [3.63, 3.8) is 0 Å². The van der Waals surface area contributed by atoms with Gasteiger partial charge in [-0.05, 0) is 42.3 Å². The fraction of sp³-hybridized carbons (Fsp3) is 0.250. The van der Waals surface area contributed by atoms with Gasteiger partial charge in [0.15, 0.2) is 11.5 Å². The van der Waals surface area contributed by atoms with Crippen molar-refractivity contribution in [2.75, 3.05) is 5.32 Å². The molecule has 0 amide bonds. The van der Waals surface area contributed by atoms with Crippen molar-refractivity contribution in [3.05, 3.63) is 53.7 Å². The molecule has 3 aromatic rings. The number of nitrogens with one attached hydrogen (secondary N) is 1. The minimum Gasteiger partial charge on any atom is -0.441 e. The second kappa shape index (κ2) is 5.33. The van der Waals surface area contributed by atoms with Crippen molar-refractivity contribution in [1.29, 1.82) is 0 Å². The number of oxazole rings is 1. The normalized spacial score (nSPS) is 10.9. The van der Waals surface area contributed by atoms with Crippen LogP contribution in [0.3, 0.4) is 0 Å². The fourth-order valence-corrected chi connectivity index (χ4v) is 2.12. The highest BCUT2D eigenvalue weighted by Gasteiger charge is 2.05. The summed E-state index contributed by atoms with van der Waals surface area (Å²) in [6.07, 6.45) is 4.52. The van der Waals surface area contributed by atoms with E-state index in [2.05, 4.69) is 22.2 Å². The SMILES string of the molecule is CCc1nc2cc(NCc3cnccc3C)ccc2o1. The highest BCUT2D eigenvalue weighted by molar-refractivity contribution is 5.77. The number of fused-ring (bicyclic) bond motifs is 1. The summed E-state index contributed by atoms with van der Waals surface area (Å²) in [4.78, 5) is 8.60. The van der Waals surface area contributed by atoms with Crippen molar-refractivity contribution in [2.45, 2.75) is 26.8 Å². The molecular formula is C16H17N3O. The highest BCUT2D eigenvalue weighted by atomic mass is 16.3. The van der Waals surface area contributed by atoms with Crippen molar-refractivity contribution in [1.82, 2.24) is 9.97 Å². The van der Waals surface area contributed by atoms with E-state index in [4.69, 9.17) is 4.42 Å². The predicted octanol–water partition coefficient (Wildman–Crippen LogP) is 3.71. The second-order valence-corrected chi connectivity index (χ2v) is 4.80. The molecule has 0 aliphatic rings. The van der Waals surface area contributed by atoms with Gasteiger partial charge >= 0.3 is 0 Å². The van der Waals surface area contributed by atoms with Crippen LogP contribution in [-0.2, 0) is 13.0 Å². The Bertz CT molecular complexity index is 733. The van der Waals surface area contributed by atoms with Crippen LogP contribution in [0.2, 0.25) is 0 Å². The number of aryl methyl sites for hydroxylation is 2. The van der Waals surface area contributed by atoms with Gasteiger partial charge in [0.25, 0.3) is 0 Å². The third kappa shape index (κ3) is 2.50. The number of hydrogen-bond acceptors (Lipinski definition) is 4. The zero-order chi connectivity index (χ0) is 13.9. The summed E-state index contributed by atoms with van der Waals surface area (Å²) in [5, 5.41) is 3.40. The molecule has 0 bridgehead atoms. The van der Waals surface area contributed by atoms with Crippen LogP contribution in [-0.4, -0.2) is 9.97 Å². The maximum Gasteiger partial charge on any atom is 0.195 e. The molecular weight excluding hydrogens is 250 g/mol. The lowest BCUT2D eigenvalue weighted by Gasteiger charge is -2.08. The van der Waals surface area contributed by atoms with Crippen LogP contribution >= 0.6 is 0 Å². The molecule has 0 saturated heterocycles. The summed E-state index contributed by atoms with van der Waals surface area (Å²) >= 11 is 0. The first-order chi connectivity index (χ1) is 9.76. The van der Waals surface area contributed by atoms with Crippen LogP contribution in [0.1, 0.15) is 23.9 Å². The largest absolute Gasteiger partial charge is 0.441 e. The van der Waals surface area contributed by atoms with E-state index in [1.807, 2.05) is 43.6 Å². The first-order valence-corrected chi connectivity index (χ1v) is 6.79. The predicted molar refractivity (Wildman–Crippen MR) is 79.7 cm³/mol. The molecule has 102 valence electrons. The molecule has 1 N–H and O–H groups in total. The molecule has 0 saturated carbocycles. The van der Waals surface area contributed by atoms with Crippen LogP contribution in [0.4, 0.5) is 5.69 Å².